The zero-order valence-corrected chi connectivity index (χ0v) is 20.1. The molecular weight excluding hydrogens is 408 g/mol. The highest BCUT2D eigenvalue weighted by molar-refractivity contribution is 7.15. The molecule has 1 N–H and O–H groups in total. The van der Waals surface area contributed by atoms with Gasteiger partial charge in [0.2, 0.25) is 16.9 Å². The third-order valence-corrected chi connectivity index (χ3v) is 10.1. The van der Waals surface area contributed by atoms with E-state index in [1.165, 1.54) is 22.6 Å². The van der Waals surface area contributed by atoms with Gasteiger partial charge in [-0.2, -0.15) is 0 Å². The highest BCUT2D eigenvalue weighted by Gasteiger charge is 2.61. The summed E-state index contributed by atoms with van der Waals surface area (Å²) in [7, 11) is 1.97. The maximum absolute atomic E-state index is 13.3. The summed E-state index contributed by atoms with van der Waals surface area (Å²) in [6.07, 6.45) is 7.00. The molecule has 1 aliphatic heterocycles. The third-order valence-electron chi connectivity index (χ3n) is 9.38. The molecule has 0 radical (unpaired) electrons. The SMILES string of the molecule is CC1=C2N(C)C(=O)CC[C@]2(C)[C@H]2CC[C@]3(C)[C@@H](C(=O)Nc4nnc(C)s4)CC[C@H]3[C@@H]2C1. The molecule has 3 fully saturated rings. The molecule has 2 amide bonds. The van der Waals surface area contributed by atoms with Crippen molar-refractivity contribution < 1.29 is 9.59 Å². The summed E-state index contributed by atoms with van der Waals surface area (Å²) in [6, 6.07) is 0. The number of nitrogens with zero attached hydrogens (tertiary/aromatic N) is 3. The van der Waals surface area contributed by atoms with E-state index in [-0.39, 0.29) is 28.6 Å². The molecule has 0 aromatic carbocycles. The molecule has 2 heterocycles. The predicted octanol–water partition coefficient (Wildman–Crippen LogP) is 4.78. The van der Waals surface area contributed by atoms with Gasteiger partial charge in [0.15, 0.2) is 0 Å². The number of allylic oxidation sites excluding steroid dienone is 2. The number of piperidine rings is 1. The van der Waals surface area contributed by atoms with Gasteiger partial charge < -0.3 is 10.2 Å². The summed E-state index contributed by atoms with van der Waals surface area (Å²) in [6.45, 7) is 8.92. The molecule has 6 atom stereocenters. The maximum atomic E-state index is 13.3. The average molecular weight is 443 g/mol. The minimum absolute atomic E-state index is 0.0372. The molecule has 2 saturated carbocycles. The van der Waals surface area contributed by atoms with Crippen LogP contribution in [0.15, 0.2) is 11.3 Å². The van der Waals surface area contributed by atoms with Crippen LogP contribution in [-0.2, 0) is 9.59 Å². The van der Waals surface area contributed by atoms with Crippen LogP contribution in [0.2, 0.25) is 0 Å². The van der Waals surface area contributed by atoms with E-state index in [0.29, 0.717) is 29.3 Å². The monoisotopic (exact) mass is 442 g/mol. The van der Waals surface area contributed by atoms with Crippen LogP contribution >= 0.6 is 11.3 Å². The van der Waals surface area contributed by atoms with E-state index < -0.39 is 0 Å². The van der Waals surface area contributed by atoms with E-state index >= 15 is 0 Å². The van der Waals surface area contributed by atoms with E-state index in [1.807, 2.05) is 18.9 Å². The van der Waals surface area contributed by atoms with Gasteiger partial charge in [-0.05, 0) is 75.5 Å². The number of rotatable bonds is 2. The van der Waals surface area contributed by atoms with Crippen molar-refractivity contribution >= 4 is 28.3 Å². The Morgan fingerprint density at radius 2 is 1.90 bits per heavy atom. The number of nitrogens with one attached hydrogen (secondary N) is 1. The summed E-state index contributed by atoms with van der Waals surface area (Å²) in [5.74, 6) is 2.20. The fourth-order valence-electron chi connectivity index (χ4n) is 8.08. The van der Waals surface area contributed by atoms with Crippen molar-refractivity contribution in [3.63, 3.8) is 0 Å². The van der Waals surface area contributed by atoms with E-state index in [4.69, 9.17) is 0 Å². The van der Waals surface area contributed by atoms with E-state index in [2.05, 4.69) is 36.3 Å². The predicted molar refractivity (Wildman–Crippen MR) is 121 cm³/mol. The molecule has 5 rings (SSSR count). The molecule has 6 nitrogen and oxygen atoms in total. The highest BCUT2D eigenvalue weighted by atomic mass is 32.1. The number of aryl methyl sites for hydroxylation is 1. The molecule has 1 aromatic rings. The first kappa shape index (κ1) is 21.1. The number of hydrogen-bond donors (Lipinski definition) is 1. The number of likely N-dealkylation sites (tertiary alicyclic amines) is 1. The van der Waals surface area contributed by atoms with E-state index in [1.54, 1.807) is 0 Å². The molecule has 31 heavy (non-hydrogen) atoms. The standard InChI is InChI=1S/C24H34N4O2S/c1-13-12-15-16-6-7-18(21(30)25-22-27-26-14(2)31-22)23(16,3)10-8-17(15)24(4)11-9-19(29)28(5)20(13)24/h15-18H,6-12H2,1-5H3,(H,25,27,30)/t15-,16-,17-,18+,23-,24+/m0/s1. The number of hydrogen-bond acceptors (Lipinski definition) is 5. The van der Waals surface area contributed by atoms with Gasteiger partial charge >= 0.3 is 0 Å². The number of aromatic nitrogens is 2. The van der Waals surface area contributed by atoms with Crippen molar-refractivity contribution in [3.8, 4) is 0 Å². The van der Waals surface area contributed by atoms with Crippen molar-refractivity contribution in [3.05, 3.63) is 16.3 Å². The molecule has 0 spiro atoms. The molecule has 3 aliphatic carbocycles. The average Bonchev–Trinajstić information content (AvgIpc) is 3.27. The van der Waals surface area contributed by atoms with E-state index in [9.17, 15) is 9.59 Å². The lowest BCUT2D eigenvalue weighted by molar-refractivity contribution is -0.137. The number of fused-ring (bicyclic) bond motifs is 5. The Kier molecular flexibility index (Phi) is 4.85. The first-order chi connectivity index (χ1) is 14.6. The third kappa shape index (κ3) is 3.02. The first-order valence-electron chi connectivity index (χ1n) is 11.7. The molecule has 7 heteroatoms. The molecule has 0 unspecified atom stereocenters. The maximum Gasteiger partial charge on any atom is 0.229 e. The molecule has 4 aliphatic rings. The van der Waals surface area contributed by atoms with E-state index in [0.717, 1.165) is 43.5 Å². The summed E-state index contributed by atoms with van der Waals surface area (Å²) >= 11 is 1.44. The zero-order chi connectivity index (χ0) is 22.1. The second kappa shape index (κ2) is 7.12. The Bertz CT molecular complexity index is 971. The second-order valence-electron chi connectivity index (χ2n) is 10.9. The summed E-state index contributed by atoms with van der Waals surface area (Å²) in [4.78, 5) is 27.6. The Labute approximate surface area is 188 Å². The van der Waals surface area contributed by atoms with Crippen LogP contribution < -0.4 is 5.32 Å². The topological polar surface area (TPSA) is 75.2 Å². The van der Waals surface area contributed by atoms with Crippen molar-refractivity contribution in [2.75, 3.05) is 12.4 Å². The molecular formula is C24H34N4O2S. The minimum atomic E-state index is 0.0372. The number of amides is 2. The van der Waals surface area contributed by atoms with Gasteiger partial charge in [0, 0.05) is 30.5 Å². The number of anilines is 1. The quantitative estimate of drug-likeness (QED) is 0.715. The van der Waals surface area contributed by atoms with Crippen LogP contribution in [0, 0.1) is 41.4 Å². The zero-order valence-electron chi connectivity index (χ0n) is 19.3. The van der Waals surface area contributed by atoms with Gasteiger partial charge in [-0.1, -0.05) is 30.8 Å². The Balaban J connectivity index is 1.42. The Morgan fingerprint density at radius 1 is 1.13 bits per heavy atom. The number of carbonyl (C=O) groups excluding carboxylic acids is 2. The fourth-order valence-corrected chi connectivity index (χ4v) is 8.67. The lowest BCUT2D eigenvalue weighted by Gasteiger charge is -2.59. The number of carbonyl (C=O) groups is 2. The summed E-state index contributed by atoms with van der Waals surface area (Å²) < 4.78 is 0. The van der Waals surface area contributed by atoms with Crippen LogP contribution in [0.4, 0.5) is 5.13 Å². The second-order valence-corrected chi connectivity index (χ2v) is 12.1. The molecule has 168 valence electrons. The van der Waals surface area contributed by atoms with Gasteiger partial charge in [0.25, 0.3) is 0 Å². The van der Waals surface area contributed by atoms with Gasteiger partial charge in [-0.25, -0.2) is 0 Å². The van der Waals surface area contributed by atoms with Crippen molar-refractivity contribution in [2.24, 2.45) is 34.5 Å². The summed E-state index contributed by atoms with van der Waals surface area (Å²) in [5.41, 5.74) is 2.81. The summed E-state index contributed by atoms with van der Waals surface area (Å²) in [5, 5.41) is 12.7. The Morgan fingerprint density at radius 3 is 2.61 bits per heavy atom. The minimum Gasteiger partial charge on any atom is -0.319 e. The fraction of sp³-hybridized carbons (Fsp3) is 0.750. The highest BCUT2D eigenvalue weighted by Crippen LogP contribution is 2.66. The van der Waals surface area contributed by atoms with Crippen molar-refractivity contribution in [2.45, 2.75) is 72.6 Å². The van der Waals surface area contributed by atoms with Crippen LogP contribution in [-0.4, -0.2) is 34.0 Å². The van der Waals surface area contributed by atoms with Gasteiger partial charge in [0.05, 0.1) is 0 Å². The van der Waals surface area contributed by atoms with Crippen LogP contribution in [0.5, 0.6) is 0 Å². The molecule has 1 saturated heterocycles. The smallest absolute Gasteiger partial charge is 0.229 e. The molecule has 0 bridgehead atoms. The van der Waals surface area contributed by atoms with Crippen LogP contribution in [0.3, 0.4) is 0 Å². The first-order valence-corrected chi connectivity index (χ1v) is 12.5. The van der Waals surface area contributed by atoms with Crippen LogP contribution in [0.25, 0.3) is 0 Å². The largest absolute Gasteiger partial charge is 0.319 e. The van der Waals surface area contributed by atoms with Gasteiger partial charge in [-0.15, -0.1) is 10.2 Å². The normalized spacial score (nSPS) is 39.8. The lowest BCUT2D eigenvalue weighted by atomic mass is 9.48. The van der Waals surface area contributed by atoms with Crippen molar-refractivity contribution in [1.29, 1.82) is 0 Å². The lowest BCUT2D eigenvalue weighted by Crippen LogP contribution is -2.54. The van der Waals surface area contributed by atoms with Crippen molar-refractivity contribution in [1.82, 2.24) is 15.1 Å². The van der Waals surface area contributed by atoms with Gasteiger partial charge in [0.1, 0.15) is 5.01 Å². The molecule has 1 aromatic heterocycles. The van der Waals surface area contributed by atoms with Crippen LogP contribution in [0.1, 0.15) is 70.7 Å². The van der Waals surface area contributed by atoms with Gasteiger partial charge in [-0.3, -0.25) is 9.59 Å². The Hall–Kier alpha value is -1.76.